The molecule has 0 saturated carbocycles. The largest absolute Gasteiger partial charge is 0.491 e. The van der Waals surface area contributed by atoms with Crippen LogP contribution in [0.2, 0.25) is 5.02 Å². The molecule has 1 aromatic carbocycles. The highest BCUT2D eigenvalue weighted by atomic mass is 127. The van der Waals surface area contributed by atoms with Crippen LogP contribution in [0.25, 0.3) is 11.3 Å². The number of methoxy groups -OCH3 is 1. The van der Waals surface area contributed by atoms with Crippen LogP contribution in [0.5, 0.6) is 5.75 Å². The minimum absolute atomic E-state index is 0.00270. The molecule has 0 radical (unpaired) electrons. The van der Waals surface area contributed by atoms with E-state index in [1.165, 1.54) is 0 Å². The second kappa shape index (κ2) is 7.99. The molecule has 0 N–H and O–H groups in total. The average Bonchev–Trinajstić information content (AvgIpc) is 2.51. The van der Waals surface area contributed by atoms with Crippen LogP contribution in [-0.2, 0) is 11.3 Å². The third-order valence-corrected chi connectivity index (χ3v) is 4.35. The lowest BCUT2D eigenvalue weighted by Gasteiger charge is -2.14. The van der Waals surface area contributed by atoms with Crippen molar-refractivity contribution in [1.82, 2.24) is 4.57 Å². The molecular weight excluding hydrogens is 417 g/mol. The number of nitrogens with zero attached hydrogens (tertiary/aromatic N) is 1. The van der Waals surface area contributed by atoms with E-state index in [0.29, 0.717) is 34.1 Å². The molecule has 0 fully saturated rings. The molecule has 2 rings (SSSR count). The molecule has 0 atom stereocenters. The quantitative estimate of drug-likeness (QED) is 0.514. The molecular formula is C16H17ClINO3. The SMILES string of the molecule is CCn1c(-c2ccc(OCCOC)cc2Cl)ccc(I)c1=O. The number of ether oxygens (including phenoxy) is 2. The van der Waals surface area contributed by atoms with Gasteiger partial charge in [-0.1, -0.05) is 11.6 Å². The fourth-order valence-electron chi connectivity index (χ4n) is 2.14. The minimum Gasteiger partial charge on any atom is -0.491 e. The lowest BCUT2D eigenvalue weighted by molar-refractivity contribution is 0.146. The molecule has 1 heterocycles. The van der Waals surface area contributed by atoms with E-state index in [2.05, 4.69) is 0 Å². The van der Waals surface area contributed by atoms with Gasteiger partial charge in [0.15, 0.2) is 0 Å². The van der Waals surface area contributed by atoms with E-state index >= 15 is 0 Å². The molecule has 1 aromatic heterocycles. The van der Waals surface area contributed by atoms with Crippen molar-refractivity contribution >= 4 is 34.2 Å². The third kappa shape index (κ3) is 3.83. The zero-order chi connectivity index (χ0) is 16.1. The smallest absolute Gasteiger partial charge is 0.264 e. The standard InChI is InChI=1S/C16H17ClINO3/c1-3-19-15(7-6-14(18)16(19)20)12-5-4-11(10-13(12)17)22-9-8-21-2/h4-7,10H,3,8-9H2,1-2H3. The topological polar surface area (TPSA) is 40.5 Å². The van der Waals surface area contributed by atoms with Crippen molar-refractivity contribution in [2.24, 2.45) is 0 Å². The molecule has 118 valence electrons. The Morgan fingerprint density at radius 2 is 2.00 bits per heavy atom. The first-order valence-electron chi connectivity index (χ1n) is 6.89. The highest BCUT2D eigenvalue weighted by Gasteiger charge is 2.11. The Bertz CT molecular complexity index is 715. The fourth-order valence-corrected chi connectivity index (χ4v) is 2.88. The average molecular weight is 434 g/mol. The van der Waals surface area contributed by atoms with Gasteiger partial charge in [0, 0.05) is 19.2 Å². The molecule has 0 saturated heterocycles. The van der Waals surface area contributed by atoms with Crippen molar-refractivity contribution in [2.45, 2.75) is 13.5 Å². The summed E-state index contributed by atoms with van der Waals surface area (Å²) in [5, 5.41) is 0.553. The number of pyridine rings is 1. The highest BCUT2D eigenvalue weighted by molar-refractivity contribution is 14.1. The Balaban J connectivity index is 2.38. The molecule has 0 amide bonds. The van der Waals surface area contributed by atoms with E-state index in [0.717, 1.165) is 11.3 Å². The van der Waals surface area contributed by atoms with Gasteiger partial charge in [0.05, 0.1) is 20.9 Å². The van der Waals surface area contributed by atoms with Crippen molar-refractivity contribution in [3.8, 4) is 17.0 Å². The number of benzene rings is 1. The van der Waals surface area contributed by atoms with E-state index in [1.54, 1.807) is 17.7 Å². The first-order valence-corrected chi connectivity index (χ1v) is 8.35. The zero-order valence-corrected chi connectivity index (χ0v) is 15.3. The van der Waals surface area contributed by atoms with E-state index in [1.807, 2.05) is 53.8 Å². The van der Waals surface area contributed by atoms with Gasteiger partial charge < -0.3 is 14.0 Å². The fraction of sp³-hybridized carbons (Fsp3) is 0.312. The van der Waals surface area contributed by atoms with Crippen LogP contribution in [0.3, 0.4) is 0 Å². The van der Waals surface area contributed by atoms with Crippen LogP contribution in [0.4, 0.5) is 0 Å². The Morgan fingerprint density at radius 3 is 2.64 bits per heavy atom. The van der Waals surface area contributed by atoms with Gasteiger partial charge in [0.2, 0.25) is 0 Å². The number of hydrogen-bond acceptors (Lipinski definition) is 3. The Labute approximate surface area is 148 Å². The Hall–Kier alpha value is -1.05. The molecule has 0 aliphatic heterocycles. The molecule has 6 heteroatoms. The molecule has 22 heavy (non-hydrogen) atoms. The summed E-state index contributed by atoms with van der Waals surface area (Å²) in [5.41, 5.74) is 1.62. The second-order valence-electron chi connectivity index (χ2n) is 4.60. The normalized spacial score (nSPS) is 10.7. The third-order valence-electron chi connectivity index (χ3n) is 3.22. The van der Waals surface area contributed by atoms with Crippen LogP contribution >= 0.6 is 34.2 Å². The summed E-state index contributed by atoms with van der Waals surface area (Å²) in [6.07, 6.45) is 0. The number of halogens is 2. The van der Waals surface area contributed by atoms with Crippen molar-refractivity contribution in [3.05, 3.63) is 49.3 Å². The van der Waals surface area contributed by atoms with E-state index in [-0.39, 0.29) is 5.56 Å². The number of aromatic nitrogens is 1. The molecule has 0 bridgehead atoms. The molecule has 2 aromatic rings. The van der Waals surface area contributed by atoms with Gasteiger partial charge in [-0.05, 0) is 59.8 Å². The molecule has 4 nitrogen and oxygen atoms in total. The summed E-state index contributed by atoms with van der Waals surface area (Å²) in [6.45, 7) is 3.52. The van der Waals surface area contributed by atoms with Crippen molar-refractivity contribution in [2.75, 3.05) is 20.3 Å². The molecule has 0 unspecified atom stereocenters. The summed E-state index contributed by atoms with van der Waals surface area (Å²) in [4.78, 5) is 12.2. The number of rotatable bonds is 6. The summed E-state index contributed by atoms with van der Waals surface area (Å²) >= 11 is 8.41. The van der Waals surface area contributed by atoms with Gasteiger partial charge in [-0.3, -0.25) is 4.79 Å². The van der Waals surface area contributed by atoms with Crippen molar-refractivity contribution in [3.63, 3.8) is 0 Å². The summed E-state index contributed by atoms with van der Waals surface area (Å²) in [7, 11) is 1.63. The van der Waals surface area contributed by atoms with Crippen LogP contribution in [0.1, 0.15) is 6.92 Å². The van der Waals surface area contributed by atoms with Crippen LogP contribution < -0.4 is 10.3 Å². The first kappa shape index (κ1) is 17.3. The molecule has 0 aliphatic rings. The zero-order valence-electron chi connectivity index (χ0n) is 12.4. The maximum atomic E-state index is 12.2. The van der Waals surface area contributed by atoms with Gasteiger partial charge in [0.1, 0.15) is 12.4 Å². The summed E-state index contributed by atoms with van der Waals surface area (Å²) in [5.74, 6) is 0.682. The number of hydrogen-bond donors (Lipinski definition) is 0. The van der Waals surface area contributed by atoms with Crippen LogP contribution in [0, 0.1) is 3.57 Å². The van der Waals surface area contributed by atoms with Gasteiger partial charge in [-0.2, -0.15) is 0 Å². The van der Waals surface area contributed by atoms with Crippen molar-refractivity contribution < 1.29 is 9.47 Å². The lowest BCUT2D eigenvalue weighted by atomic mass is 10.1. The summed E-state index contributed by atoms with van der Waals surface area (Å²) < 4.78 is 12.9. The van der Waals surface area contributed by atoms with Gasteiger partial charge in [0.25, 0.3) is 5.56 Å². The first-order chi connectivity index (χ1) is 10.6. The van der Waals surface area contributed by atoms with Crippen LogP contribution in [-0.4, -0.2) is 24.9 Å². The minimum atomic E-state index is -0.00270. The monoisotopic (exact) mass is 433 g/mol. The van der Waals surface area contributed by atoms with E-state index in [4.69, 9.17) is 21.1 Å². The Morgan fingerprint density at radius 1 is 1.23 bits per heavy atom. The summed E-state index contributed by atoms with van der Waals surface area (Å²) in [6, 6.07) is 9.20. The second-order valence-corrected chi connectivity index (χ2v) is 6.17. The van der Waals surface area contributed by atoms with E-state index in [9.17, 15) is 4.79 Å². The predicted molar refractivity (Wildman–Crippen MR) is 96.9 cm³/mol. The van der Waals surface area contributed by atoms with Crippen LogP contribution in [0.15, 0.2) is 35.1 Å². The molecule has 0 spiro atoms. The van der Waals surface area contributed by atoms with E-state index < -0.39 is 0 Å². The van der Waals surface area contributed by atoms with Gasteiger partial charge in [-0.25, -0.2) is 0 Å². The van der Waals surface area contributed by atoms with Gasteiger partial charge >= 0.3 is 0 Å². The maximum absolute atomic E-state index is 12.2. The maximum Gasteiger partial charge on any atom is 0.264 e. The lowest BCUT2D eigenvalue weighted by Crippen LogP contribution is -2.22. The highest BCUT2D eigenvalue weighted by Crippen LogP contribution is 2.31. The van der Waals surface area contributed by atoms with Gasteiger partial charge in [-0.15, -0.1) is 0 Å². The van der Waals surface area contributed by atoms with Crippen molar-refractivity contribution in [1.29, 1.82) is 0 Å². The Kier molecular flexibility index (Phi) is 6.28. The molecule has 0 aliphatic carbocycles. The predicted octanol–water partition coefficient (Wildman–Crippen LogP) is 3.82.